The second-order valence-corrected chi connectivity index (χ2v) is 16.7. The van der Waals surface area contributed by atoms with Gasteiger partial charge in [0, 0.05) is 12.1 Å². The van der Waals surface area contributed by atoms with Gasteiger partial charge in [0.05, 0.1) is 9.82 Å². The molecule has 0 radical (unpaired) electrons. The van der Waals surface area contributed by atoms with E-state index in [-0.39, 0.29) is 15.6 Å². The summed E-state index contributed by atoms with van der Waals surface area (Å²) in [5.74, 6) is 0. The summed E-state index contributed by atoms with van der Waals surface area (Å²) in [5.41, 5.74) is -0.103. The number of hydrogen-bond donors (Lipinski definition) is 0. The third-order valence-electron chi connectivity index (χ3n) is 3.84. The van der Waals surface area contributed by atoms with Crippen LogP contribution in [0.4, 0.5) is 5.69 Å². The van der Waals surface area contributed by atoms with Crippen LogP contribution in [0.2, 0.25) is 18.1 Å². The molecule has 0 spiro atoms. The van der Waals surface area contributed by atoms with Gasteiger partial charge in [-0.3, -0.25) is 10.1 Å². The zero-order chi connectivity index (χ0) is 15.1. The molecule has 0 aliphatic carbocycles. The van der Waals surface area contributed by atoms with Crippen molar-refractivity contribution in [3.8, 4) is 0 Å². The van der Waals surface area contributed by atoms with Gasteiger partial charge in [0.1, 0.15) is 9.29 Å². The maximum absolute atomic E-state index is 12.7. The highest BCUT2D eigenvalue weighted by atomic mass is 32.4. The van der Waals surface area contributed by atoms with E-state index in [1.807, 2.05) is 33.9 Å². The van der Waals surface area contributed by atoms with Crippen molar-refractivity contribution >= 4 is 22.2 Å². The molecule has 1 rings (SSSR count). The Labute approximate surface area is 114 Å². The first kappa shape index (κ1) is 15.8. The zero-order valence-corrected chi connectivity index (χ0v) is 13.6. The molecular formula is C12H19NO4SSi. The van der Waals surface area contributed by atoms with E-state index in [1.165, 1.54) is 24.3 Å². The first-order chi connectivity index (χ1) is 8.41. The molecule has 1 aromatic rings. The minimum absolute atomic E-state index is 0.103. The molecule has 0 unspecified atom stereocenters. The molecular weight excluding hydrogens is 282 g/mol. The van der Waals surface area contributed by atoms with Crippen LogP contribution < -0.4 is 0 Å². The van der Waals surface area contributed by atoms with Crippen LogP contribution in [0.15, 0.2) is 29.2 Å². The van der Waals surface area contributed by atoms with Crippen molar-refractivity contribution in [1.29, 1.82) is 0 Å². The van der Waals surface area contributed by atoms with E-state index in [4.69, 9.17) is 0 Å². The van der Waals surface area contributed by atoms with Gasteiger partial charge < -0.3 is 0 Å². The Balaban J connectivity index is 3.33. The summed E-state index contributed by atoms with van der Waals surface area (Å²) in [6.07, 6.45) is 0. The average molecular weight is 301 g/mol. The van der Waals surface area contributed by atoms with Crippen molar-refractivity contribution in [2.24, 2.45) is 0 Å². The van der Waals surface area contributed by atoms with Crippen molar-refractivity contribution in [2.75, 3.05) is 0 Å². The summed E-state index contributed by atoms with van der Waals surface area (Å²) in [6, 6.07) is 5.13. The largest absolute Gasteiger partial charge is 0.269 e. The highest BCUT2D eigenvalue weighted by molar-refractivity contribution is 8.22. The van der Waals surface area contributed by atoms with Gasteiger partial charge in [-0.05, 0) is 17.2 Å². The van der Waals surface area contributed by atoms with E-state index in [1.54, 1.807) is 0 Å². The summed E-state index contributed by atoms with van der Waals surface area (Å²) >= 11 is 0. The number of non-ortho nitro benzene ring substituents is 1. The number of rotatable bonds is 3. The van der Waals surface area contributed by atoms with E-state index in [9.17, 15) is 18.5 Å². The van der Waals surface area contributed by atoms with Crippen LogP contribution in [-0.4, -0.2) is 20.6 Å². The van der Waals surface area contributed by atoms with Crippen molar-refractivity contribution < 1.29 is 13.3 Å². The minimum atomic E-state index is -3.42. The van der Waals surface area contributed by atoms with Crippen LogP contribution in [0, 0.1) is 10.1 Å². The van der Waals surface area contributed by atoms with E-state index in [2.05, 4.69) is 0 Å². The zero-order valence-electron chi connectivity index (χ0n) is 11.8. The predicted octanol–water partition coefficient (Wildman–Crippen LogP) is 3.37. The Morgan fingerprint density at radius 2 is 1.53 bits per heavy atom. The lowest BCUT2D eigenvalue weighted by Gasteiger charge is -2.35. The number of benzene rings is 1. The van der Waals surface area contributed by atoms with Gasteiger partial charge in [-0.2, -0.15) is 0 Å². The number of nitro benzene ring substituents is 1. The van der Waals surface area contributed by atoms with Crippen LogP contribution in [0.1, 0.15) is 20.8 Å². The lowest BCUT2D eigenvalue weighted by atomic mass is 10.2. The molecule has 0 bridgehead atoms. The highest BCUT2D eigenvalue weighted by Crippen LogP contribution is 2.42. The third-order valence-corrected chi connectivity index (χ3v) is 16.3. The van der Waals surface area contributed by atoms with Crippen LogP contribution in [0.3, 0.4) is 0 Å². The monoisotopic (exact) mass is 301 g/mol. The van der Waals surface area contributed by atoms with Gasteiger partial charge in [0.15, 0.2) is 0 Å². The molecule has 0 N–H and O–H groups in total. The normalized spacial score (nSPS) is 13.3. The Kier molecular flexibility index (Phi) is 3.93. The second kappa shape index (κ2) is 4.72. The molecule has 1 aromatic carbocycles. The molecule has 0 atom stereocenters. The molecule has 0 saturated carbocycles. The molecule has 0 amide bonds. The summed E-state index contributed by atoms with van der Waals surface area (Å²) in [6.45, 7) is 9.37. The Morgan fingerprint density at radius 3 is 1.84 bits per heavy atom. The molecule has 0 saturated heterocycles. The van der Waals surface area contributed by atoms with Crippen LogP contribution in [-0.2, 0) is 9.29 Å². The van der Waals surface area contributed by atoms with E-state index < -0.39 is 21.4 Å². The standard InChI is InChI=1S/C12H19NO4SSi/c1-12(2,3)19(4,5)18(16,17)11-8-6-10(7-9-11)13(14)15/h6-9H,1-5H3. The Hall–Kier alpha value is -1.21. The molecule has 0 aromatic heterocycles. The van der Waals surface area contributed by atoms with Gasteiger partial charge in [-0.15, -0.1) is 0 Å². The summed E-state index contributed by atoms with van der Waals surface area (Å²) < 4.78 is 25.3. The summed E-state index contributed by atoms with van der Waals surface area (Å²) in [7, 11) is -6.04. The van der Waals surface area contributed by atoms with Crippen LogP contribution >= 0.6 is 0 Å². The van der Waals surface area contributed by atoms with Crippen LogP contribution in [0.25, 0.3) is 0 Å². The van der Waals surface area contributed by atoms with Crippen molar-refractivity contribution in [2.45, 2.75) is 43.8 Å². The molecule has 0 aliphatic heterocycles. The molecule has 0 fully saturated rings. The van der Waals surface area contributed by atoms with Crippen molar-refractivity contribution in [1.82, 2.24) is 0 Å². The van der Waals surface area contributed by atoms with E-state index in [0.29, 0.717) is 0 Å². The summed E-state index contributed by atoms with van der Waals surface area (Å²) in [4.78, 5) is 10.2. The maximum Gasteiger partial charge on any atom is 0.269 e. The molecule has 0 heterocycles. The maximum atomic E-state index is 12.7. The smallest absolute Gasteiger partial charge is 0.258 e. The van der Waals surface area contributed by atoms with Gasteiger partial charge in [-0.1, -0.05) is 33.9 Å². The molecule has 19 heavy (non-hydrogen) atoms. The fourth-order valence-electron chi connectivity index (χ4n) is 1.44. The predicted molar refractivity (Wildman–Crippen MR) is 77.5 cm³/mol. The lowest BCUT2D eigenvalue weighted by Crippen LogP contribution is -2.45. The number of nitrogens with zero attached hydrogens (tertiary/aromatic N) is 1. The number of nitro groups is 1. The SMILES string of the molecule is CC(C)(C)[Si](C)(C)S(=O)(=O)c1ccc([N+](=O)[O-])cc1. The van der Waals surface area contributed by atoms with E-state index in [0.717, 1.165) is 0 Å². The van der Waals surface area contributed by atoms with Gasteiger partial charge in [-0.25, -0.2) is 8.42 Å². The first-order valence-electron chi connectivity index (χ1n) is 5.90. The topological polar surface area (TPSA) is 77.3 Å². The fourth-order valence-corrected chi connectivity index (χ4v) is 7.93. The second-order valence-electron chi connectivity index (χ2n) is 6.01. The third kappa shape index (κ3) is 2.71. The quantitative estimate of drug-likeness (QED) is 0.487. The lowest BCUT2D eigenvalue weighted by molar-refractivity contribution is -0.384. The highest BCUT2D eigenvalue weighted by Gasteiger charge is 2.48. The van der Waals surface area contributed by atoms with E-state index >= 15 is 0 Å². The first-order valence-corrected chi connectivity index (χ1v) is 11.1. The van der Waals surface area contributed by atoms with Crippen LogP contribution in [0.5, 0.6) is 0 Å². The molecule has 5 nitrogen and oxygen atoms in total. The molecule has 7 heteroatoms. The minimum Gasteiger partial charge on any atom is -0.258 e. The molecule has 106 valence electrons. The number of hydrogen-bond acceptors (Lipinski definition) is 4. The Bertz CT molecular complexity index is 585. The average Bonchev–Trinajstić information content (AvgIpc) is 2.27. The van der Waals surface area contributed by atoms with Gasteiger partial charge in [0.25, 0.3) is 5.69 Å². The van der Waals surface area contributed by atoms with Gasteiger partial charge >= 0.3 is 0 Å². The van der Waals surface area contributed by atoms with Crippen molar-refractivity contribution in [3.63, 3.8) is 0 Å². The molecule has 0 aliphatic rings. The fraction of sp³-hybridized carbons (Fsp3) is 0.500. The Morgan fingerprint density at radius 1 is 1.11 bits per heavy atom. The summed E-state index contributed by atoms with van der Waals surface area (Å²) in [5, 5.41) is 10.3. The van der Waals surface area contributed by atoms with Gasteiger partial charge in [0.2, 0.25) is 7.22 Å². The van der Waals surface area contributed by atoms with Crippen molar-refractivity contribution in [3.05, 3.63) is 34.4 Å².